The van der Waals surface area contributed by atoms with Gasteiger partial charge in [-0.1, -0.05) is 224 Å². The number of nitrogens with one attached hydrogen (secondary N) is 1. The van der Waals surface area contributed by atoms with Gasteiger partial charge in [0, 0.05) is 12.8 Å². The van der Waals surface area contributed by atoms with Crippen molar-refractivity contribution >= 4 is 11.9 Å². The Morgan fingerprint density at radius 3 is 1.20 bits per heavy atom. The topological polar surface area (TPSA) is 95.9 Å². The highest BCUT2D eigenvalue weighted by Crippen LogP contribution is 2.15. The largest absolute Gasteiger partial charge is 0.466 e. The average molecular weight is 858 g/mol. The minimum atomic E-state index is -0.876. The molecule has 0 aromatic carbocycles. The van der Waals surface area contributed by atoms with Crippen molar-refractivity contribution in [3.8, 4) is 0 Å². The van der Waals surface area contributed by atoms with Crippen LogP contribution in [0.5, 0.6) is 0 Å². The van der Waals surface area contributed by atoms with E-state index >= 15 is 0 Å². The number of hydrogen-bond donors (Lipinski definition) is 3. The van der Waals surface area contributed by atoms with Crippen LogP contribution in [-0.4, -0.2) is 47.4 Å². The highest BCUT2D eigenvalue weighted by atomic mass is 16.5. The third-order valence-corrected chi connectivity index (χ3v) is 12.1. The smallest absolute Gasteiger partial charge is 0.305 e. The summed E-state index contributed by atoms with van der Waals surface area (Å²) in [5.41, 5.74) is 0. The molecule has 0 aliphatic heterocycles. The Balaban J connectivity index is 3.57. The quantitative estimate of drug-likeness (QED) is 0.0322. The Morgan fingerprint density at radius 2 is 0.787 bits per heavy atom. The maximum absolute atomic E-state index is 12.4. The monoisotopic (exact) mass is 858 g/mol. The zero-order valence-corrected chi connectivity index (χ0v) is 40.6. The first kappa shape index (κ1) is 59.1. The van der Waals surface area contributed by atoms with E-state index in [0.717, 1.165) is 70.6 Å². The highest BCUT2D eigenvalue weighted by molar-refractivity contribution is 5.76. The van der Waals surface area contributed by atoms with Gasteiger partial charge in [0.1, 0.15) is 0 Å². The van der Waals surface area contributed by atoms with E-state index in [-0.39, 0.29) is 18.5 Å². The van der Waals surface area contributed by atoms with E-state index in [1.807, 2.05) is 6.08 Å². The van der Waals surface area contributed by atoms with Crippen LogP contribution in [0.25, 0.3) is 0 Å². The molecule has 0 rings (SSSR count). The molecule has 0 fully saturated rings. The molecule has 0 spiro atoms. The molecular formula is C55H103NO5. The van der Waals surface area contributed by atoms with Gasteiger partial charge in [0.05, 0.1) is 25.4 Å². The van der Waals surface area contributed by atoms with Crippen LogP contribution in [0.2, 0.25) is 0 Å². The van der Waals surface area contributed by atoms with Gasteiger partial charge in [0.15, 0.2) is 0 Å². The molecule has 0 aliphatic carbocycles. The Kier molecular flexibility index (Phi) is 49.1. The minimum Gasteiger partial charge on any atom is -0.466 e. The number of hydrogen-bond acceptors (Lipinski definition) is 5. The third-order valence-electron chi connectivity index (χ3n) is 12.1. The Morgan fingerprint density at radius 1 is 0.443 bits per heavy atom. The van der Waals surface area contributed by atoms with E-state index in [4.69, 9.17) is 4.74 Å². The second-order valence-electron chi connectivity index (χ2n) is 18.2. The summed E-state index contributed by atoms with van der Waals surface area (Å²) in [7, 11) is 0. The second-order valence-corrected chi connectivity index (χ2v) is 18.2. The van der Waals surface area contributed by atoms with Crippen LogP contribution in [0.15, 0.2) is 36.5 Å². The van der Waals surface area contributed by atoms with E-state index < -0.39 is 12.1 Å². The molecule has 0 bridgehead atoms. The normalized spacial score (nSPS) is 12.9. The summed E-state index contributed by atoms with van der Waals surface area (Å²) in [5.74, 6) is -0.169. The summed E-state index contributed by atoms with van der Waals surface area (Å²) < 4.78 is 5.45. The third kappa shape index (κ3) is 47.4. The second kappa shape index (κ2) is 50.7. The summed E-state index contributed by atoms with van der Waals surface area (Å²) in [6.07, 6.45) is 61.6. The zero-order valence-electron chi connectivity index (χ0n) is 40.6. The fourth-order valence-corrected chi connectivity index (χ4v) is 7.98. The number of ether oxygens (including phenoxy) is 1. The summed E-state index contributed by atoms with van der Waals surface area (Å²) in [4.78, 5) is 24.5. The molecular weight excluding hydrogens is 755 g/mol. The molecule has 358 valence electrons. The molecule has 0 heterocycles. The van der Waals surface area contributed by atoms with Gasteiger partial charge >= 0.3 is 5.97 Å². The SMILES string of the molecule is CCCCCCCCC/C=C\CCCCCCCCCC(=O)OCCCCCC/C=C\CCCC(=O)NC(CO)C(O)/C=C/CCCCCCCCCCCCCCCCC. The maximum atomic E-state index is 12.4. The van der Waals surface area contributed by atoms with E-state index in [1.54, 1.807) is 6.08 Å². The van der Waals surface area contributed by atoms with Crippen molar-refractivity contribution in [2.24, 2.45) is 0 Å². The van der Waals surface area contributed by atoms with Gasteiger partial charge in [-0.2, -0.15) is 0 Å². The van der Waals surface area contributed by atoms with Crippen molar-refractivity contribution in [3.63, 3.8) is 0 Å². The van der Waals surface area contributed by atoms with Crippen LogP contribution < -0.4 is 5.32 Å². The molecule has 2 atom stereocenters. The van der Waals surface area contributed by atoms with Crippen LogP contribution >= 0.6 is 0 Å². The Labute approximate surface area is 379 Å². The lowest BCUT2D eigenvalue weighted by Crippen LogP contribution is -2.45. The summed E-state index contributed by atoms with van der Waals surface area (Å²) in [6, 6.07) is -0.666. The number of aliphatic hydroxyl groups excluding tert-OH is 2. The molecule has 0 radical (unpaired) electrons. The van der Waals surface area contributed by atoms with Gasteiger partial charge in [-0.25, -0.2) is 0 Å². The van der Waals surface area contributed by atoms with Crippen LogP contribution in [0.4, 0.5) is 0 Å². The standard InChI is InChI=1S/C55H103NO5/c1-3-5-7-9-11-13-15-17-19-21-23-25-27-29-33-37-41-45-49-55(60)61-50-46-42-38-34-30-32-36-40-44-48-54(59)56-52(51-57)53(58)47-43-39-35-31-28-26-24-22-20-18-16-14-12-10-8-6-4-2/h19,21,32,36,43,47,52-53,57-58H,3-18,20,22-31,33-35,37-42,44-46,48-51H2,1-2H3,(H,56,59)/b21-19-,36-32-,47-43+. The van der Waals surface area contributed by atoms with Gasteiger partial charge in [-0.05, 0) is 77.0 Å². The number of rotatable bonds is 49. The van der Waals surface area contributed by atoms with Gasteiger partial charge in [0.2, 0.25) is 5.91 Å². The highest BCUT2D eigenvalue weighted by Gasteiger charge is 2.17. The van der Waals surface area contributed by atoms with Gasteiger partial charge in [-0.15, -0.1) is 0 Å². The van der Waals surface area contributed by atoms with Crippen LogP contribution in [-0.2, 0) is 14.3 Å². The fourth-order valence-electron chi connectivity index (χ4n) is 7.98. The van der Waals surface area contributed by atoms with Crippen molar-refractivity contribution in [1.82, 2.24) is 5.32 Å². The number of allylic oxidation sites excluding steroid dienone is 5. The van der Waals surface area contributed by atoms with Crippen molar-refractivity contribution < 1.29 is 24.5 Å². The molecule has 0 aliphatic rings. The number of amides is 1. The summed E-state index contributed by atoms with van der Waals surface area (Å²) in [6.45, 7) is 4.81. The van der Waals surface area contributed by atoms with E-state index in [0.29, 0.717) is 19.4 Å². The van der Waals surface area contributed by atoms with E-state index in [2.05, 4.69) is 43.5 Å². The lowest BCUT2D eigenvalue weighted by molar-refractivity contribution is -0.143. The molecule has 0 saturated carbocycles. The van der Waals surface area contributed by atoms with Crippen molar-refractivity contribution in [3.05, 3.63) is 36.5 Å². The van der Waals surface area contributed by atoms with Crippen LogP contribution in [0.3, 0.4) is 0 Å². The predicted octanol–water partition coefficient (Wildman–Crippen LogP) is 16.1. The Bertz CT molecular complexity index is 993. The summed E-state index contributed by atoms with van der Waals surface area (Å²) >= 11 is 0. The predicted molar refractivity (Wildman–Crippen MR) is 264 cm³/mol. The first-order valence-corrected chi connectivity index (χ1v) is 26.8. The fraction of sp³-hybridized carbons (Fsp3) is 0.855. The van der Waals surface area contributed by atoms with Crippen LogP contribution in [0, 0.1) is 0 Å². The lowest BCUT2D eigenvalue weighted by atomic mass is 10.0. The average Bonchev–Trinajstić information content (AvgIpc) is 3.26. The molecule has 3 N–H and O–H groups in total. The van der Waals surface area contributed by atoms with Crippen molar-refractivity contribution in [2.45, 2.75) is 289 Å². The van der Waals surface area contributed by atoms with Crippen LogP contribution in [0.1, 0.15) is 277 Å². The molecule has 0 saturated heterocycles. The van der Waals surface area contributed by atoms with Crippen molar-refractivity contribution in [2.75, 3.05) is 13.2 Å². The van der Waals surface area contributed by atoms with E-state index in [9.17, 15) is 19.8 Å². The van der Waals surface area contributed by atoms with Gasteiger partial charge in [0.25, 0.3) is 0 Å². The number of aliphatic hydroxyl groups is 2. The van der Waals surface area contributed by atoms with Gasteiger partial charge < -0.3 is 20.3 Å². The molecule has 2 unspecified atom stereocenters. The summed E-state index contributed by atoms with van der Waals surface area (Å²) in [5, 5.41) is 23.0. The molecule has 6 nitrogen and oxygen atoms in total. The zero-order chi connectivity index (χ0) is 44.4. The molecule has 0 aromatic heterocycles. The molecule has 61 heavy (non-hydrogen) atoms. The molecule has 1 amide bonds. The first-order chi connectivity index (χ1) is 30.0. The number of carbonyl (C=O) groups excluding carboxylic acids is 2. The number of carbonyl (C=O) groups is 2. The maximum Gasteiger partial charge on any atom is 0.305 e. The number of unbranched alkanes of at least 4 members (excludes halogenated alkanes) is 34. The van der Waals surface area contributed by atoms with Gasteiger partial charge in [-0.3, -0.25) is 9.59 Å². The Hall–Kier alpha value is -1.92. The minimum absolute atomic E-state index is 0.0412. The number of esters is 1. The molecule has 6 heteroatoms. The van der Waals surface area contributed by atoms with Crippen molar-refractivity contribution in [1.29, 1.82) is 0 Å². The molecule has 0 aromatic rings. The lowest BCUT2D eigenvalue weighted by Gasteiger charge is -2.19. The van der Waals surface area contributed by atoms with E-state index in [1.165, 1.54) is 180 Å². The first-order valence-electron chi connectivity index (χ1n) is 26.8.